The van der Waals surface area contributed by atoms with Crippen molar-refractivity contribution in [1.82, 2.24) is 9.55 Å². The first-order valence-electron chi connectivity index (χ1n) is 17.7. The molecule has 9 heteroatoms. The number of hydrogen-bond acceptors (Lipinski definition) is 6. The second kappa shape index (κ2) is 14.9. The van der Waals surface area contributed by atoms with Crippen molar-refractivity contribution < 1.29 is 14.2 Å². The quantitative estimate of drug-likeness (QED) is 0.139. The van der Waals surface area contributed by atoms with Crippen molar-refractivity contribution in [3.8, 4) is 51.2 Å². The van der Waals surface area contributed by atoms with Gasteiger partial charge in [0.05, 0.1) is 54.2 Å². The van der Waals surface area contributed by atoms with Crippen LogP contribution in [0.2, 0.25) is 10.0 Å². The number of halogens is 2. The van der Waals surface area contributed by atoms with Crippen molar-refractivity contribution in [3.63, 3.8) is 0 Å². The van der Waals surface area contributed by atoms with Crippen molar-refractivity contribution in [3.05, 3.63) is 178 Å². The number of hydrogen-bond donors (Lipinski definition) is 0. The van der Waals surface area contributed by atoms with Crippen LogP contribution in [0.25, 0.3) is 33.9 Å². The first-order chi connectivity index (χ1) is 26.8. The van der Waals surface area contributed by atoms with Gasteiger partial charge in [-0.15, -0.1) is 0 Å². The number of benzene rings is 6. The fourth-order valence-corrected chi connectivity index (χ4v) is 7.52. The van der Waals surface area contributed by atoms with Crippen molar-refractivity contribution in [2.75, 3.05) is 21.3 Å². The number of nitrogens with zero attached hydrogens (tertiary/aromatic N) is 4. The maximum atomic E-state index is 7.29. The van der Waals surface area contributed by atoms with Crippen molar-refractivity contribution >= 4 is 34.6 Å². The van der Waals surface area contributed by atoms with Gasteiger partial charge in [0.15, 0.2) is 0 Å². The topological polar surface area (TPSA) is 70.2 Å². The summed E-state index contributed by atoms with van der Waals surface area (Å²) in [5, 5.41) is 0.988. The molecule has 0 radical (unpaired) electrons. The number of aromatic nitrogens is 2. The predicted molar refractivity (Wildman–Crippen MR) is 222 cm³/mol. The zero-order valence-electron chi connectivity index (χ0n) is 30.6. The minimum atomic E-state index is -1.56. The van der Waals surface area contributed by atoms with Crippen molar-refractivity contribution in [1.29, 1.82) is 0 Å². The molecule has 0 amide bonds. The molecular weight excluding hydrogens is 727 g/mol. The van der Waals surface area contributed by atoms with E-state index in [1.807, 2.05) is 127 Å². The van der Waals surface area contributed by atoms with Crippen LogP contribution in [0.1, 0.15) is 22.3 Å². The second-order valence-electron chi connectivity index (χ2n) is 13.0. The molecule has 7 nitrogen and oxygen atoms in total. The van der Waals surface area contributed by atoms with E-state index in [9.17, 15) is 0 Å². The molecule has 8 rings (SSSR count). The highest BCUT2D eigenvalue weighted by molar-refractivity contribution is 6.54. The van der Waals surface area contributed by atoms with Gasteiger partial charge in [0, 0.05) is 33.4 Å². The van der Waals surface area contributed by atoms with Gasteiger partial charge in [-0.05, 0) is 67.6 Å². The third-order valence-corrected chi connectivity index (χ3v) is 10.3. The third kappa shape index (κ3) is 6.56. The lowest BCUT2D eigenvalue weighted by atomic mass is 10.00. The van der Waals surface area contributed by atoms with E-state index < -0.39 is 5.79 Å². The summed E-state index contributed by atoms with van der Waals surface area (Å²) in [6, 6.07) is 47.2. The van der Waals surface area contributed by atoms with Gasteiger partial charge in [0.2, 0.25) is 0 Å². The van der Waals surface area contributed by atoms with Crippen LogP contribution in [-0.2, 0) is 5.79 Å². The number of ether oxygens (including phenoxy) is 3. The smallest absolute Gasteiger partial charge is 0.263 e. The average Bonchev–Trinajstić information content (AvgIpc) is 3.82. The molecule has 2 heterocycles. The van der Waals surface area contributed by atoms with Crippen LogP contribution in [0.5, 0.6) is 17.2 Å². The first-order valence-corrected chi connectivity index (χ1v) is 18.4. The highest BCUT2D eigenvalue weighted by Crippen LogP contribution is 2.49. The van der Waals surface area contributed by atoms with Crippen LogP contribution in [0.15, 0.2) is 156 Å². The zero-order valence-corrected chi connectivity index (χ0v) is 32.1. The molecule has 55 heavy (non-hydrogen) atoms. The number of rotatable bonds is 10. The molecule has 0 aliphatic carbocycles. The Kier molecular flexibility index (Phi) is 9.74. The molecule has 0 saturated heterocycles. The molecule has 1 aliphatic heterocycles. The number of imidazole rings is 1. The second-order valence-corrected chi connectivity index (χ2v) is 13.9. The Labute approximate surface area is 330 Å². The molecule has 7 aromatic rings. The minimum absolute atomic E-state index is 0.472. The maximum absolute atomic E-state index is 7.29. The summed E-state index contributed by atoms with van der Waals surface area (Å²) in [4.78, 5) is 17.0. The van der Waals surface area contributed by atoms with Gasteiger partial charge in [-0.25, -0.2) is 15.0 Å². The monoisotopic (exact) mass is 762 g/mol. The van der Waals surface area contributed by atoms with E-state index in [-0.39, 0.29) is 0 Å². The van der Waals surface area contributed by atoms with E-state index in [0.717, 1.165) is 33.5 Å². The summed E-state index contributed by atoms with van der Waals surface area (Å²) in [5.74, 6) is 1.03. The fourth-order valence-electron chi connectivity index (χ4n) is 7.04. The molecule has 0 spiro atoms. The Morgan fingerprint density at radius 3 is 1.60 bits per heavy atom. The summed E-state index contributed by atoms with van der Waals surface area (Å²) < 4.78 is 19.3. The van der Waals surface area contributed by atoms with Gasteiger partial charge in [0.1, 0.15) is 23.1 Å². The van der Waals surface area contributed by atoms with E-state index in [1.54, 1.807) is 21.3 Å². The van der Waals surface area contributed by atoms with Gasteiger partial charge in [-0.1, -0.05) is 114 Å². The van der Waals surface area contributed by atoms with Crippen molar-refractivity contribution in [2.24, 2.45) is 9.98 Å². The molecule has 272 valence electrons. The summed E-state index contributed by atoms with van der Waals surface area (Å²) in [7, 11) is 4.95. The Morgan fingerprint density at radius 1 is 0.527 bits per heavy atom. The Hall–Kier alpha value is -6.15. The Bertz CT molecular complexity index is 2570. The van der Waals surface area contributed by atoms with Crippen LogP contribution >= 0.6 is 23.2 Å². The van der Waals surface area contributed by atoms with Crippen LogP contribution in [0, 0.1) is 6.92 Å². The zero-order chi connectivity index (χ0) is 38.1. The van der Waals surface area contributed by atoms with Crippen LogP contribution in [0.4, 0.5) is 0 Å². The summed E-state index contributed by atoms with van der Waals surface area (Å²) in [5.41, 5.74) is 8.46. The van der Waals surface area contributed by atoms with Crippen molar-refractivity contribution in [2.45, 2.75) is 12.7 Å². The maximum Gasteiger partial charge on any atom is 0.263 e. The summed E-state index contributed by atoms with van der Waals surface area (Å²) >= 11 is 14.4. The molecule has 1 aliphatic rings. The molecule has 0 bridgehead atoms. The molecular formula is C46H36Cl2N4O3. The first kappa shape index (κ1) is 35.9. The number of aryl methyl sites for hydroxylation is 1. The number of aliphatic imine (C=N–C) groups is 2. The van der Waals surface area contributed by atoms with E-state index in [4.69, 9.17) is 52.4 Å². The minimum Gasteiger partial charge on any atom is -0.497 e. The molecule has 0 atom stereocenters. The lowest BCUT2D eigenvalue weighted by molar-refractivity contribution is 0.407. The van der Waals surface area contributed by atoms with Crippen LogP contribution in [-0.4, -0.2) is 42.3 Å². The lowest BCUT2D eigenvalue weighted by Crippen LogP contribution is -2.31. The van der Waals surface area contributed by atoms with Crippen LogP contribution in [0.3, 0.4) is 0 Å². The molecule has 0 N–H and O–H groups in total. The number of methoxy groups -OCH3 is 3. The van der Waals surface area contributed by atoms with Gasteiger partial charge in [-0.2, -0.15) is 0 Å². The Morgan fingerprint density at radius 2 is 1.04 bits per heavy atom. The third-order valence-electron chi connectivity index (χ3n) is 9.62. The lowest BCUT2D eigenvalue weighted by Gasteiger charge is -2.30. The standard InChI is InChI=1S/C46H36Cl2N4O3/c1-29-13-9-14-30(25-29)43-44(33-17-12-20-36(28-33)55-4)52(45(49-43)37-21-5-7-23-39(37)47)46(38-22-6-8-24-40(38)48)50-41(31-15-10-18-34(26-31)53-2)42(51-46)32-16-11-19-35(27-32)54-3/h5-28H,1-4H3. The van der Waals surface area contributed by atoms with E-state index in [1.165, 1.54) is 0 Å². The highest BCUT2D eigenvalue weighted by Gasteiger charge is 2.46. The van der Waals surface area contributed by atoms with E-state index >= 15 is 0 Å². The highest BCUT2D eigenvalue weighted by atomic mass is 35.5. The van der Waals surface area contributed by atoms with Gasteiger partial charge < -0.3 is 14.2 Å². The summed E-state index contributed by atoms with van der Waals surface area (Å²) in [6.07, 6.45) is 0. The van der Waals surface area contributed by atoms with Gasteiger partial charge >= 0.3 is 0 Å². The molecule has 0 fully saturated rings. The van der Waals surface area contributed by atoms with Crippen LogP contribution < -0.4 is 14.2 Å². The fraction of sp³-hybridized carbons (Fsp3) is 0.109. The average molecular weight is 764 g/mol. The SMILES string of the molecule is COc1cccc(C2=NC(c3ccccc3Cl)(n3c(-c4ccccc4Cl)nc(-c4cccc(C)c4)c3-c3cccc(OC)c3)N=C2c2cccc(OC)c2)c1. The Balaban J connectivity index is 1.60. The molecule has 1 aromatic heterocycles. The van der Waals surface area contributed by atoms with E-state index in [0.29, 0.717) is 61.4 Å². The van der Waals surface area contributed by atoms with Gasteiger partial charge in [-0.3, -0.25) is 4.57 Å². The van der Waals surface area contributed by atoms with E-state index in [2.05, 4.69) is 29.7 Å². The predicted octanol–water partition coefficient (Wildman–Crippen LogP) is 11.2. The summed E-state index contributed by atoms with van der Waals surface area (Å²) in [6.45, 7) is 2.07. The normalized spacial score (nSPS) is 13.3. The largest absolute Gasteiger partial charge is 0.497 e. The van der Waals surface area contributed by atoms with Gasteiger partial charge in [0.25, 0.3) is 5.79 Å². The molecule has 0 saturated carbocycles. The molecule has 0 unspecified atom stereocenters. The molecule has 6 aromatic carbocycles.